The van der Waals surface area contributed by atoms with Crippen molar-refractivity contribution in [2.24, 2.45) is 0 Å². The standard InChI is InChI=1S/C25H16ClI2N3O2/c1-15-20(26)7-4-8-23(15)31-25(32)19(13-30)9-16-10-21(27)24(22(28)11-16)33-14-18-6-3-2-5-17(18)12-29/h2-11H,14H2,1H3,(H,31,32)/b19-9-. The fraction of sp³-hybridized carbons (Fsp3) is 0.0800. The van der Waals surface area contributed by atoms with Crippen molar-refractivity contribution in [3.8, 4) is 17.9 Å². The van der Waals surface area contributed by atoms with E-state index in [0.29, 0.717) is 27.6 Å². The van der Waals surface area contributed by atoms with Crippen LogP contribution in [0.1, 0.15) is 22.3 Å². The first-order valence-electron chi connectivity index (χ1n) is 9.62. The number of carbonyl (C=O) groups is 1. The molecule has 0 fully saturated rings. The van der Waals surface area contributed by atoms with Gasteiger partial charge in [-0.2, -0.15) is 10.5 Å². The predicted molar refractivity (Wildman–Crippen MR) is 146 cm³/mol. The molecule has 0 aliphatic rings. The summed E-state index contributed by atoms with van der Waals surface area (Å²) < 4.78 is 7.64. The van der Waals surface area contributed by atoms with E-state index in [1.807, 2.05) is 36.4 Å². The average molecular weight is 680 g/mol. The summed E-state index contributed by atoms with van der Waals surface area (Å²) in [6.07, 6.45) is 1.54. The molecule has 3 aromatic rings. The molecule has 8 heteroatoms. The van der Waals surface area contributed by atoms with Crippen LogP contribution in [0.2, 0.25) is 5.02 Å². The van der Waals surface area contributed by atoms with Gasteiger partial charge in [-0.1, -0.05) is 35.9 Å². The zero-order chi connectivity index (χ0) is 24.0. The van der Waals surface area contributed by atoms with Gasteiger partial charge in [-0.05, 0) is 99.6 Å². The van der Waals surface area contributed by atoms with Gasteiger partial charge in [0.1, 0.15) is 24.0 Å². The lowest BCUT2D eigenvalue weighted by Crippen LogP contribution is -2.14. The Kier molecular flexibility index (Phi) is 8.73. The number of nitrogens with one attached hydrogen (secondary N) is 1. The van der Waals surface area contributed by atoms with E-state index in [1.165, 1.54) is 6.08 Å². The van der Waals surface area contributed by atoms with E-state index in [1.54, 1.807) is 31.2 Å². The Hall–Kier alpha value is -2.60. The second kappa shape index (κ2) is 11.5. The number of nitrogens with zero attached hydrogens (tertiary/aromatic N) is 2. The number of hydrogen-bond donors (Lipinski definition) is 1. The zero-order valence-corrected chi connectivity index (χ0v) is 22.4. The first kappa shape index (κ1) is 25.0. The third-order valence-electron chi connectivity index (χ3n) is 4.72. The molecule has 1 amide bonds. The molecule has 3 rings (SSSR count). The van der Waals surface area contributed by atoms with Crippen molar-refractivity contribution >= 4 is 74.5 Å². The number of halogens is 3. The minimum absolute atomic E-state index is 0.0300. The molecule has 0 spiro atoms. The van der Waals surface area contributed by atoms with Crippen LogP contribution < -0.4 is 10.1 Å². The van der Waals surface area contributed by atoms with Crippen molar-refractivity contribution in [1.82, 2.24) is 0 Å². The second-order valence-electron chi connectivity index (χ2n) is 6.91. The largest absolute Gasteiger partial charge is 0.487 e. The van der Waals surface area contributed by atoms with Crippen LogP contribution in [0.15, 0.2) is 60.2 Å². The molecular weight excluding hydrogens is 664 g/mol. The monoisotopic (exact) mass is 679 g/mol. The predicted octanol–water partition coefficient (Wildman–Crippen LogP) is 6.85. The van der Waals surface area contributed by atoms with Crippen molar-refractivity contribution < 1.29 is 9.53 Å². The van der Waals surface area contributed by atoms with E-state index < -0.39 is 5.91 Å². The Morgan fingerprint density at radius 1 is 1.12 bits per heavy atom. The molecule has 0 bridgehead atoms. The van der Waals surface area contributed by atoms with Crippen molar-refractivity contribution in [2.75, 3.05) is 5.32 Å². The first-order valence-corrected chi connectivity index (χ1v) is 12.2. The van der Waals surface area contributed by atoms with Crippen LogP contribution in [-0.2, 0) is 11.4 Å². The molecule has 0 aliphatic carbocycles. The molecule has 164 valence electrons. The minimum Gasteiger partial charge on any atom is -0.487 e. The molecule has 0 unspecified atom stereocenters. The van der Waals surface area contributed by atoms with Crippen molar-refractivity contribution in [3.05, 3.63) is 94.6 Å². The van der Waals surface area contributed by atoms with Crippen LogP contribution in [-0.4, -0.2) is 5.91 Å². The molecule has 0 saturated carbocycles. The van der Waals surface area contributed by atoms with E-state index in [0.717, 1.165) is 18.3 Å². The molecular formula is C25H16ClI2N3O2. The number of rotatable bonds is 6. The van der Waals surface area contributed by atoms with Crippen molar-refractivity contribution in [1.29, 1.82) is 10.5 Å². The number of carbonyl (C=O) groups excluding carboxylic acids is 1. The van der Waals surface area contributed by atoms with Crippen molar-refractivity contribution in [2.45, 2.75) is 13.5 Å². The lowest BCUT2D eigenvalue weighted by molar-refractivity contribution is -0.112. The van der Waals surface area contributed by atoms with Gasteiger partial charge in [-0.15, -0.1) is 0 Å². The van der Waals surface area contributed by atoms with Crippen LogP contribution in [0.5, 0.6) is 5.75 Å². The maximum atomic E-state index is 12.7. The summed E-state index contributed by atoms with van der Waals surface area (Å²) in [5.41, 5.74) is 3.32. The zero-order valence-electron chi connectivity index (χ0n) is 17.3. The Bertz CT molecular complexity index is 1320. The first-order chi connectivity index (χ1) is 15.8. The minimum atomic E-state index is -0.513. The Balaban J connectivity index is 1.81. The summed E-state index contributed by atoms with van der Waals surface area (Å²) in [5, 5.41) is 22.1. The maximum absolute atomic E-state index is 12.7. The molecule has 0 atom stereocenters. The molecule has 0 aromatic heterocycles. The van der Waals surface area contributed by atoms with Gasteiger partial charge in [0.15, 0.2) is 0 Å². The summed E-state index contributed by atoms with van der Waals surface area (Å²) in [5.74, 6) is 0.167. The second-order valence-corrected chi connectivity index (χ2v) is 9.64. The number of nitriles is 2. The van der Waals surface area contributed by atoms with E-state index in [2.05, 4.69) is 56.6 Å². The van der Waals surface area contributed by atoms with Crippen LogP contribution in [0.3, 0.4) is 0 Å². The Morgan fingerprint density at radius 3 is 2.48 bits per heavy atom. The summed E-state index contributed by atoms with van der Waals surface area (Å²) in [7, 11) is 0. The van der Waals surface area contributed by atoms with Crippen molar-refractivity contribution in [3.63, 3.8) is 0 Å². The van der Waals surface area contributed by atoms with Gasteiger partial charge in [0.25, 0.3) is 5.91 Å². The Morgan fingerprint density at radius 2 is 1.82 bits per heavy atom. The van der Waals surface area contributed by atoms with Gasteiger partial charge in [-0.3, -0.25) is 4.79 Å². The average Bonchev–Trinajstić information content (AvgIpc) is 2.80. The highest BCUT2D eigenvalue weighted by Gasteiger charge is 2.14. The summed E-state index contributed by atoms with van der Waals surface area (Å²) in [6, 6.07) is 20.3. The SMILES string of the molecule is Cc1c(Cl)cccc1NC(=O)/C(C#N)=C\c1cc(I)c(OCc2ccccc2C#N)c(I)c1. The fourth-order valence-corrected chi connectivity index (χ4v) is 5.26. The molecule has 5 nitrogen and oxygen atoms in total. The summed E-state index contributed by atoms with van der Waals surface area (Å²) >= 11 is 10.4. The normalized spacial score (nSPS) is 10.8. The van der Waals surface area contributed by atoms with E-state index in [4.69, 9.17) is 16.3 Å². The fourth-order valence-electron chi connectivity index (χ4n) is 2.95. The molecule has 0 aliphatic heterocycles. The maximum Gasteiger partial charge on any atom is 0.266 e. The topological polar surface area (TPSA) is 85.9 Å². The van der Waals surface area contributed by atoms with E-state index in [9.17, 15) is 15.3 Å². The smallest absolute Gasteiger partial charge is 0.266 e. The third kappa shape index (κ3) is 6.26. The number of hydrogen-bond acceptors (Lipinski definition) is 4. The number of ether oxygens (including phenoxy) is 1. The molecule has 0 saturated heterocycles. The molecule has 0 heterocycles. The quantitative estimate of drug-likeness (QED) is 0.176. The van der Waals surface area contributed by atoms with Gasteiger partial charge in [0.2, 0.25) is 0 Å². The highest BCUT2D eigenvalue weighted by atomic mass is 127. The van der Waals surface area contributed by atoms with Crippen LogP contribution >= 0.6 is 56.8 Å². The highest BCUT2D eigenvalue weighted by Crippen LogP contribution is 2.31. The highest BCUT2D eigenvalue weighted by molar-refractivity contribution is 14.1. The van der Waals surface area contributed by atoms with Crippen LogP contribution in [0, 0.1) is 36.7 Å². The van der Waals surface area contributed by atoms with Gasteiger partial charge in [0.05, 0.1) is 18.8 Å². The van der Waals surface area contributed by atoms with E-state index in [-0.39, 0.29) is 12.2 Å². The van der Waals surface area contributed by atoms with Crippen LogP contribution in [0.4, 0.5) is 5.69 Å². The molecule has 33 heavy (non-hydrogen) atoms. The summed E-state index contributed by atoms with van der Waals surface area (Å²) in [6.45, 7) is 2.06. The molecule has 3 aromatic carbocycles. The van der Waals surface area contributed by atoms with E-state index >= 15 is 0 Å². The van der Waals surface area contributed by atoms with Gasteiger partial charge < -0.3 is 10.1 Å². The lowest BCUT2D eigenvalue weighted by atomic mass is 10.1. The van der Waals surface area contributed by atoms with Gasteiger partial charge in [-0.25, -0.2) is 0 Å². The molecule has 0 radical (unpaired) electrons. The van der Waals surface area contributed by atoms with Gasteiger partial charge >= 0.3 is 0 Å². The third-order valence-corrected chi connectivity index (χ3v) is 6.73. The number of benzene rings is 3. The number of anilines is 1. The lowest BCUT2D eigenvalue weighted by Gasteiger charge is -2.13. The molecule has 1 N–H and O–H groups in total. The van der Waals surface area contributed by atoms with Gasteiger partial charge in [0, 0.05) is 16.3 Å². The number of amides is 1. The van der Waals surface area contributed by atoms with Crippen LogP contribution in [0.25, 0.3) is 6.08 Å². The Labute approximate surface area is 224 Å². The summed E-state index contributed by atoms with van der Waals surface area (Å²) in [4.78, 5) is 12.7.